The van der Waals surface area contributed by atoms with E-state index in [-0.39, 0.29) is 60.3 Å². The van der Waals surface area contributed by atoms with Gasteiger partial charge in [0, 0.05) is 101 Å². The minimum absolute atomic E-state index is 0. The van der Waals surface area contributed by atoms with Crippen molar-refractivity contribution in [1.82, 2.24) is 9.97 Å². The zero-order valence-electron chi connectivity index (χ0n) is 40.7. The number of hydrogen-bond acceptors (Lipinski definition) is 8. The van der Waals surface area contributed by atoms with Crippen molar-refractivity contribution < 1.29 is 60.3 Å². The minimum atomic E-state index is 0. The van der Waals surface area contributed by atoms with Crippen LogP contribution in [0.25, 0.3) is 0 Å². The molecule has 7 aromatic carbocycles. The molecule has 0 N–H and O–H groups in total. The number of benzene rings is 7. The van der Waals surface area contributed by atoms with Crippen molar-refractivity contribution in [3.8, 4) is 0 Å². The first-order chi connectivity index (χ1) is 33.7. The number of para-hydroxylation sites is 6. The quantitative estimate of drug-likeness (QED) is 0.153. The van der Waals surface area contributed by atoms with Crippen molar-refractivity contribution in [2.75, 3.05) is 29.4 Å². The van der Waals surface area contributed by atoms with E-state index in [1.807, 2.05) is 73.8 Å². The van der Waals surface area contributed by atoms with E-state index in [0.717, 1.165) is 62.7 Å². The van der Waals surface area contributed by atoms with Gasteiger partial charge in [-0.15, -0.1) is 37.1 Å². The number of aryl methyl sites for hydroxylation is 6. The summed E-state index contributed by atoms with van der Waals surface area (Å²) < 4.78 is 0. The maximum atomic E-state index is 4.75. The van der Waals surface area contributed by atoms with E-state index in [4.69, 9.17) is 4.98 Å². The number of pyridine rings is 2. The van der Waals surface area contributed by atoms with Gasteiger partial charge < -0.3 is 29.4 Å². The largest absolute Gasteiger partial charge is 0.493 e. The van der Waals surface area contributed by atoms with E-state index in [1.165, 1.54) is 39.3 Å². The third kappa shape index (κ3) is 11.1. The summed E-state index contributed by atoms with van der Waals surface area (Å²) in [6, 6.07) is 72.1. The molecule has 3 radical (unpaired) electrons. The molecule has 11 heteroatoms. The average molecular weight is 1470 g/mol. The van der Waals surface area contributed by atoms with Crippen molar-refractivity contribution in [3.05, 3.63) is 260 Å². The normalized spacial score (nSPS) is 12.8. The SMILES string of the molecule is Cc1ccc2c(c1)N(c1[c-]cccc1)[CH-]N2c1ccccc1C.Cc1ccc2c(n1)N(c1[c-]cccc1)[CH-]N2c1ccccc1C.Cc1cnc2c(c1)N(c1[c-]cccc1)[CH-]N2c1ccccc1C.[Ir].[Ir].[Ir]. The maximum absolute atomic E-state index is 4.75. The van der Waals surface area contributed by atoms with Crippen molar-refractivity contribution in [2.24, 2.45) is 0 Å². The van der Waals surface area contributed by atoms with Crippen LogP contribution in [0.5, 0.6) is 0 Å². The van der Waals surface area contributed by atoms with Gasteiger partial charge in [-0.05, 0) is 118 Å². The van der Waals surface area contributed by atoms with E-state index in [0.29, 0.717) is 0 Å². The Morgan fingerprint density at radius 2 is 0.778 bits per heavy atom. The maximum Gasteiger partial charge on any atom is 0.126 e. The van der Waals surface area contributed by atoms with Gasteiger partial charge in [0.15, 0.2) is 0 Å². The number of rotatable bonds is 6. The van der Waals surface area contributed by atoms with Gasteiger partial charge in [0.05, 0.1) is 11.4 Å². The number of anilines is 12. The molecule has 0 saturated carbocycles. The Morgan fingerprint density at radius 1 is 0.347 bits per heavy atom. The zero-order valence-corrected chi connectivity index (χ0v) is 47.9. The third-order valence-electron chi connectivity index (χ3n) is 12.3. The molecule has 0 saturated heterocycles. The first-order valence-corrected chi connectivity index (χ1v) is 23.1. The summed E-state index contributed by atoms with van der Waals surface area (Å²) >= 11 is 0. The number of fused-ring (bicyclic) bond motifs is 3. The summed E-state index contributed by atoms with van der Waals surface area (Å²) in [5.74, 6) is 1.89. The van der Waals surface area contributed by atoms with E-state index in [2.05, 4.69) is 229 Å². The van der Waals surface area contributed by atoms with Crippen LogP contribution in [0.1, 0.15) is 33.5 Å². The fourth-order valence-corrected chi connectivity index (χ4v) is 8.77. The predicted molar refractivity (Wildman–Crippen MR) is 284 cm³/mol. The van der Waals surface area contributed by atoms with E-state index >= 15 is 0 Å². The van der Waals surface area contributed by atoms with Gasteiger partial charge in [-0.2, -0.15) is 91.0 Å². The average Bonchev–Trinajstić information content (AvgIpc) is 4.07. The molecular weight excluding hydrogens is 1420 g/mol. The van der Waals surface area contributed by atoms with Crippen LogP contribution in [0.4, 0.5) is 68.5 Å². The van der Waals surface area contributed by atoms with Crippen LogP contribution in [-0.4, -0.2) is 9.97 Å². The van der Waals surface area contributed by atoms with Crippen LogP contribution < -0.4 is 29.4 Å². The summed E-state index contributed by atoms with van der Waals surface area (Å²) in [4.78, 5) is 22.4. The van der Waals surface area contributed by atoms with Gasteiger partial charge in [-0.1, -0.05) is 60.7 Å². The fraction of sp³-hybridized carbons (Fsp3) is 0.0984. The van der Waals surface area contributed by atoms with Crippen LogP contribution >= 0.6 is 0 Å². The van der Waals surface area contributed by atoms with Gasteiger partial charge in [0.2, 0.25) is 0 Å². The molecule has 12 rings (SSSR count). The molecule has 72 heavy (non-hydrogen) atoms. The molecule has 369 valence electrons. The second-order valence-corrected chi connectivity index (χ2v) is 17.3. The molecule has 0 aliphatic carbocycles. The first-order valence-electron chi connectivity index (χ1n) is 23.1. The molecule has 9 aromatic rings. The summed E-state index contributed by atoms with van der Waals surface area (Å²) in [6.07, 6.45) is 1.91. The Bertz CT molecular complexity index is 2890. The van der Waals surface area contributed by atoms with Gasteiger partial charge >= 0.3 is 0 Å². The minimum Gasteiger partial charge on any atom is -0.493 e. The summed E-state index contributed by atoms with van der Waals surface area (Å²) in [5.41, 5.74) is 18.2. The summed E-state index contributed by atoms with van der Waals surface area (Å²) in [5, 5.41) is 0. The Hall–Kier alpha value is -6.41. The topological polar surface area (TPSA) is 45.2 Å². The van der Waals surface area contributed by atoms with Crippen LogP contribution in [0.3, 0.4) is 0 Å². The van der Waals surface area contributed by atoms with E-state index < -0.39 is 0 Å². The molecule has 2 aromatic heterocycles. The van der Waals surface area contributed by atoms with Crippen LogP contribution in [0.2, 0.25) is 0 Å². The Balaban J connectivity index is 0.000000155. The first kappa shape index (κ1) is 53.4. The monoisotopic (exact) mass is 1480 g/mol. The Kier molecular flexibility index (Phi) is 17.7. The second-order valence-electron chi connectivity index (χ2n) is 17.3. The Labute approximate surface area is 466 Å². The smallest absolute Gasteiger partial charge is 0.126 e. The van der Waals surface area contributed by atoms with Crippen LogP contribution in [0, 0.1) is 79.7 Å². The number of aromatic nitrogens is 2. The fourth-order valence-electron chi connectivity index (χ4n) is 8.77. The number of hydrogen-bond donors (Lipinski definition) is 0. The molecule has 3 aliphatic heterocycles. The molecule has 0 unspecified atom stereocenters. The number of nitrogens with zero attached hydrogens (tertiary/aromatic N) is 8. The van der Waals surface area contributed by atoms with E-state index in [9.17, 15) is 0 Å². The second kappa shape index (κ2) is 23.9. The summed E-state index contributed by atoms with van der Waals surface area (Å²) in [7, 11) is 0. The molecule has 8 nitrogen and oxygen atoms in total. The van der Waals surface area contributed by atoms with Gasteiger partial charge in [-0.3, -0.25) is 0 Å². The molecule has 0 bridgehead atoms. The Morgan fingerprint density at radius 3 is 1.31 bits per heavy atom. The zero-order chi connectivity index (χ0) is 47.4. The predicted octanol–water partition coefficient (Wildman–Crippen LogP) is 15.3. The van der Waals surface area contributed by atoms with Gasteiger partial charge in [-0.25, -0.2) is 9.97 Å². The van der Waals surface area contributed by atoms with Crippen molar-refractivity contribution in [1.29, 1.82) is 0 Å². The van der Waals surface area contributed by atoms with Gasteiger partial charge in [0.25, 0.3) is 0 Å². The van der Waals surface area contributed by atoms with Crippen molar-refractivity contribution in [3.63, 3.8) is 0 Å². The van der Waals surface area contributed by atoms with Gasteiger partial charge in [0.1, 0.15) is 11.6 Å². The molecule has 0 atom stereocenters. The molecule has 0 amide bonds. The molecule has 5 heterocycles. The summed E-state index contributed by atoms with van der Waals surface area (Å²) in [6.45, 7) is 18.9. The molecular formula is C61H52Ir3N8-6. The van der Waals surface area contributed by atoms with Crippen LogP contribution in [0.15, 0.2) is 188 Å². The van der Waals surface area contributed by atoms with E-state index in [1.54, 1.807) is 0 Å². The van der Waals surface area contributed by atoms with Crippen LogP contribution in [-0.2, 0) is 60.3 Å². The standard InChI is InChI=1S/C21H18N2.2C20H17N3.3Ir/c1-16-12-13-20-21(14-16)22(18-9-4-3-5-10-18)15-23(20)19-11-7-6-8-17(19)2;1-15-12-19-20(21-13-15)23(18-11-7-6-8-16(18)2)14-22(19)17-9-4-3-5-10-17;1-15-8-6-7-11-18(15)23-14-22(17-9-4-3-5-10-17)20-19(23)13-12-16(2)21-20;;;/h3-9,11-15H,1-2H3;2*3-9,11-14H,1-2H3;;;/q3*-2;;;. The van der Waals surface area contributed by atoms with Crippen molar-refractivity contribution in [2.45, 2.75) is 41.5 Å². The van der Waals surface area contributed by atoms with Crippen molar-refractivity contribution >= 4 is 68.5 Å². The molecule has 0 spiro atoms. The molecule has 0 fully saturated rings. The molecule has 3 aliphatic rings. The third-order valence-corrected chi connectivity index (χ3v) is 12.3.